The van der Waals surface area contributed by atoms with Crippen molar-refractivity contribution in [2.45, 2.75) is 25.7 Å². The van der Waals surface area contributed by atoms with Crippen molar-refractivity contribution in [2.24, 2.45) is 16.8 Å². The molecule has 0 atom stereocenters. The predicted octanol–water partition coefficient (Wildman–Crippen LogP) is 1.14. The lowest BCUT2D eigenvalue weighted by Gasteiger charge is -2.24. The third kappa shape index (κ3) is 3.05. The van der Waals surface area contributed by atoms with Crippen molar-refractivity contribution in [3.63, 3.8) is 0 Å². The van der Waals surface area contributed by atoms with Gasteiger partial charge in [-0.25, -0.2) is 9.97 Å². The zero-order chi connectivity index (χ0) is 12.1. The van der Waals surface area contributed by atoms with Crippen LogP contribution in [0.3, 0.4) is 0 Å². The lowest BCUT2D eigenvalue weighted by atomic mass is 9.83. The van der Waals surface area contributed by atoms with Gasteiger partial charge < -0.3 is 15.7 Å². The Bertz CT molecular complexity index is 387. The smallest absolute Gasteiger partial charge is 0.232 e. The minimum Gasteiger partial charge on any atom is -0.477 e. The molecule has 0 bridgehead atoms. The van der Waals surface area contributed by atoms with Crippen molar-refractivity contribution in [3.8, 4) is 5.88 Å². The first-order valence-electron chi connectivity index (χ1n) is 5.72. The van der Waals surface area contributed by atoms with E-state index in [1.54, 1.807) is 0 Å². The summed E-state index contributed by atoms with van der Waals surface area (Å²) in [5.74, 6) is 1.23. The normalized spacial score (nSPS) is 16.6. The van der Waals surface area contributed by atoms with Crippen LogP contribution in [0.5, 0.6) is 5.88 Å². The molecule has 6 heteroatoms. The van der Waals surface area contributed by atoms with E-state index in [2.05, 4.69) is 15.1 Å². The first kappa shape index (κ1) is 11.6. The SMILES string of the molecule is NC(=NO)c1cnc(OCCC2CCC2)cn1. The van der Waals surface area contributed by atoms with Crippen LogP contribution < -0.4 is 10.5 Å². The van der Waals surface area contributed by atoms with E-state index in [1.165, 1.54) is 31.7 Å². The van der Waals surface area contributed by atoms with Gasteiger partial charge in [0, 0.05) is 0 Å². The molecular formula is C11H16N4O2. The van der Waals surface area contributed by atoms with Gasteiger partial charge in [-0.3, -0.25) is 0 Å². The predicted molar refractivity (Wildman–Crippen MR) is 62.0 cm³/mol. The van der Waals surface area contributed by atoms with Crippen LogP contribution in [-0.2, 0) is 0 Å². The Hall–Kier alpha value is -1.85. The lowest BCUT2D eigenvalue weighted by molar-refractivity contribution is 0.217. The van der Waals surface area contributed by atoms with Crippen LogP contribution in [0, 0.1) is 5.92 Å². The second-order valence-electron chi connectivity index (χ2n) is 4.16. The summed E-state index contributed by atoms with van der Waals surface area (Å²) in [6.45, 7) is 0.669. The molecule has 2 rings (SSSR count). The maximum atomic E-state index is 8.46. The molecule has 1 aromatic heterocycles. The molecule has 1 aromatic rings. The van der Waals surface area contributed by atoms with Gasteiger partial charge in [0.1, 0.15) is 5.69 Å². The van der Waals surface area contributed by atoms with Gasteiger partial charge >= 0.3 is 0 Å². The molecule has 0 unspecified atom stereocenters. The van der Waals surface area contributed by atoms with Crippen LogP contribution in [0.25, 0.3) is 0 Å². The summed E-state index contributed by atoms with van der Waals surface area (Å²) < 4.78 is 5.46. The molecule has 1 heterocycles. The summed E-state index contributed by atoms with van der Waals surface area (Å²) in [7, 11) is 0. The number of nitrogens with two attached hydrogens (primary N) is 1. The van der Waals surface area contributed by atoms with E-state index in [4.69, 9.17) is 15.7 Å². The second-order valence-corrected chi connectivity index (χ2v) is 4.16. The Labute approximate surface area is 99.5 Å². The maximum Gasteiger partial charge on any atom is 0.232 e. The van der Waals surface area contributed by atoms with Crippen LogP contribution in [0.4, 0.5) is 0 Å². The summed E-state index contributed by atoms with van der Waals surface area (Å²) in [5, 5.41) is 11.3. The Morgan fingerprint density at radius 2 is 2.29 bits per heavy atom. The highest BCUT2D eigenvalue weighted by Gasteiger charge is 2.16. The molecule has 0 radical (unpaired) electrons. The molecule has 0 aliphatic heterocycles. The molecule has 3 N–H and O–H groups in total. The number of hydrogen-bond acceptors (Lipinski definition) is 5. The van der Waals surface area contributed by atoms with Crippen LogP contribution in [0.2, 0.25) is 0 Å². The summed E-state index contributed by atoms with van der Waals surface area (Å²) >= 11 is 0. The fourth-order valence-corrected chi connectivity index (χ4v) is 1.69. The fraction of sp³-hybridized carbons (Fsp3) is 0.545. The van der Waals surface area contributed by atoms with E-state index >= 15 is 0 Å². The minimum absolute atomic E-state index is 0.0569. The Balaban J connectivity index is 1.80. The number of hydrogen-bond donors (Lipinski definition) is 2. The van der Waals surface area contributed by atoms with E-state index in [0.717, 1.165) is 12.3 Å². The average Bonchev–Trinajstić information content (AvgIpc) is 2.32. The highest BCUT2D eigenvalue weighted by atomic mass is 16.5. The van der Waals surface area contributed by atoms with Crippen LogP contribution >= 0.6 is 0 Å². The largest absolute Gasteiger partial charge is 0.477 e. The third-order valence-corrected chi connectivity index (χ3v) is 3.00. The third-order valence-electron chi connectivity index (χ3n) is 3.00. The van der Waals surface area contributed by atoms with Gasteiger partial charge in [0.15, 0.2) is 5.84 Å². The molecule has 0 aromatic carbocycles. The highest BCUT2D eigenvalue weighted by Crippen LogP contribution is 2.29. The molecule has 6 nitrogen and oxygen atoms in total. The highest BCUT2D eigenvalue weighted by molar-refractivity contribution is 5.94. The van der Waals surface area contributed by atoms with Gasteiger partial charge in [-0.1, -0.05) is 24.4 Å². The fourth-order valence-electron chi connectivity index (χ4n) is 1.69. The molecule has 0 amide bonds. The van der Waals surface area contributed by atoms with Crippen LogP contribution in [0.1, 0.15) is 31.4 Å². The summed E-state index contributed by atoms with van der Waals surface area (Å²) in [5.41, 5.74) is 5.70. The van der Waals surface area contributed by atoms with Gasteiger partial charge in [-0.15, -0.1) is 0 Å². The number of aromatic nitrogens is 2. The van der Waals surface area contributed by atoms with E-state index in [9.17, 15) is 0 Å². The molecule has 92 valence electrons. The Morgan fingerprint density at radius 1 is 1.47 bits per heavy atom. The Morgan fingerprint density at radius 3 is 2.82 bits per heavy atom. The topological polar surface area (TPSA) is 93.6 Å². The lowest BCUT2D eigenvalue weighted by Crippen LogP contribution is -2.16. The quantitative estimate of drug-likeness (QED) is 0.346. The molecule has 1 fully saturated rings. The van der Waals surface area contributed by atoms with Gasteiger partial charge in [-0.05, 0) is 12.3 Å². The second kappa shape index (κ2) is 5.47. The monoisotopic (exact) mass is 236 g/mol. The first-order chi connectivity index (χ1) is 8.29. The first-order valence-corrected chi connectivity index (χ1v) is 5.72. The molecule has 17 heavy (non-hydrogen) atoms. The van der Waals surface area contributed by atoms with Crippen molar-refractivity contribution in [1.29, 1.82) is 0 Å². The maximum absolute atomic E-state index is 8.46. The van der Waals surface area contributed by atoms with Crippen molar-refractivity contribution in [1.82, 2.24) is 9.97 Å². The van der Waals surface area contributed by atoms with Crippen molar-refractivity contribution in [3.05, 3.63) is 18.1 Å². The van der Waals surface area contributed by atoms with Crippen molar-refractivity contribution < 1.29 is 9.94 Å². The zero-order valence-corrected chi connectivity index (χ0v) is 9.54. The number of rotatable bonds is 5. The van der Waals surface area contributed by atoms with Gasteiger partial charge in [0.05, 0.1) is 19.0 Å². The van der Waals surface area contributed by atoms with E-state index in [1.807, 2.05) is 0 Å². The van der Waals surface area contributed by atoms with E-state index < -0.39 is 0 Å². The van der Waals surface area contributed by atoms with Crippen LogP contribution in [0.15, 0.2) is 17.5 Å². The number of amidine groups is 1. The summed E-state index contributed by atoms with van der Waals surface area (Å²) in [6, 6.07) is 0. The number of nitrogens with zero attached hydrogens (tertiary/aromatic N) is 3. The van der Waals surface area contributed by atoms with Gasteiger partial charge in [0.2, 0.25) is 5.88 Å². The zero-order valence-electron chi connectivity index (χ0n) is 9.54. The number of oxime groups is 1. The number of ether oxygens (including phenoxy) is 1. The van der Waals surface area contributed by atoms with Crippen molar-refractivity contribution in [2.75, 3.05) is 6.61 Å². The summed E-state index contributed by atoms with van der Waals surface area (Å²) in [6.07, 6.45) is 7.96. The molecule has 0 spiro atoms. The molecule has 1 aliphatic rings. The minimum atomic E-state index is -0.0569. The van der Waals surface area contributed by atoms with E-state index in [-0.39, 0.29) is 5.84 Å². The summed E-state index contributed by atoms with van der Waals surface area (Å²) in [4.78, 5) is 8.01. The standard InChI is InChI=1S/C11H16N4O2/c12-11(15-16)9-6-14-10(7-13-9)17-5-4-8-2-1-3-8/h6-8,16H,1-5H2,(H2,12,15). The Kier molecular flexibility index (Phi) is 3.74. The molecule has 0 saturated heterocycles. The molecule has 1 aliphatic carbocycles. The van der Waals surface area contributed by atoms with Crippen molar-refractivity contribution >= 4 is 5.84 Å². The van der Waals surface area contributed by atoms with Gasteiger partial charge in [-0.2, -0.15) is 0 Å². The molecular weight excluding hydrogens is 220 g/mol. The molecule has 1 saturated carbocycles. The van der Waals surface area contributed by atoms with Crippen LogP contribution in [-0.4, -0.2) is 27.6 Å². The van der Waals surface area contributed by atoms with E-state index in [0.29, 0.717) is 18.2 Å². The van der Waals surface area contributed by atoms with Gasteiger partial charge in [0.25, 0.3) is 0 Å². The average molecular weight is 236 g/mol.